The Hall–Kier alpha value is -1.02. The van der Waals surface area contributed by atoms with E-state index >= 15 is 0 Å². The molecule has 0 aromatic carbocycles. The van der Waals surface area contributed by atoms with E-state index in [-0.39, 0.29) is 11.1 Å². The summed E-state index contributed by atoms with van der Waals surface area (Å²) in [6.45, 7) is 3.35. The fourth-order valence-electron chi connectivity index (χ4n) is 3.05. The molecule has 0 saturated carbocycles. The smallest absolute Gasteiger partial charge is 0.258 e. The summed E-state index contributed by atoms with van der Waals surface area (Å²) in [5.74, 6) is 0.457. The summed E-state index contributed by atoms with van der Waals surface area (Å²) in [4.78, 5) is 6.32. The van der Waals surface area contributed by atoms with Crippen molar-refractivity contribution in [2.24, 2.45) is 11.7 Å². The summed E-state index contributed by atoms with van der Waals surface area (Å²) in [5, 5.41) is 0.0751. The molecule has 1 atom stereocenters. The highest BCUT2D eigenvalue weighted by atomic mass is 32.2. The number of sulfonamides is 1. The van der Waals surface area contributed by atoms with Crippen LogP contribution in [0.15, 0.2) is 23.4 Å². The second-order valence-corrected chi connectivity index (χ2v) is 7.24. The summed E-state index contributed by atoms with van der Waals surface area (Å²) in [6, 6.07) is 3.24. The van der Waals surface area contributed by atoms with Gasteiger partial charge in [-0.1, -0.05) is 6.07 Å². The first-order chi connectivity index (χ1) is 9.58. The largest absolute Gasteiger partial charge is 0.326 e. The maximum Gasteiger partial charge on any atom is 0.258 e. The molecule has 1 aromatic rings. The molecule has 3 fully saturated rings. The van der Waals surface area contributed by atoms with Gasteiger partial charge in [-0.25, -0.2) is 18.1 Å². The number of pyridine rings is 1. The minimum atomic E-state index is -3.54. The van der Waals surface area contributed by atoms with E-state index in [0.717, 1.165) is 38.0 Å². The van der Waals surface area contributed by atoms with Crippen molar-refractivity contribution in [1.29, 1.82) is 0 Å². The molecule has 7 heteroatoms. The molecule has 3 aliphatic rings. The van der Waals surface area contributed by atoms with Gasteiger partial charge in [-0.05, 0) is 43.5 Å². The van der Waals surface area contributed by atoms with Crippen LogP contribution in [0.4, 0.5) is 0 Å². The van der Waals surface area contributed by atoms with E-state index in [2.05, 4.69) is 14.6 Å². The van der Waals surface area contributed by atoms with Crippen LogP contribution in [-0.2, 0) is 16.6 Å². The monoisotopic (exact) mass is 296 g/mol. The number of nitrogens with one attached hydrogen (secondary N) is 1. The minimum absolute atomic E-state index is 0.0125. The molecule has 4 rings (SSSR count). The second kappa shape index (κ2) is 5.40. The maximum atomic E-state index is 12.4. The third-order valence-electron chi connectivity index (χ3n) is 4.27. The number of nitrogens with two attached hydrogens (primary N) is 1. The Morgan fingerprint density at radius 2 is 2.10 bits per heavy atom. The number of aromatic nitrogens is 1. The average molecular weight is 296 g/mol. The Labute approximate surface area is 119 Å². The molecule has 110 valence electrons. The number of hydrogen-bond acceptors (Lipinski definition) is 5. The molecule has 4 heterocycles. The predicted molar refractivity (Wildman–Crippen MR) is 75.4 cm³/mol. The number of fused-ring (bicyclic) bond motifs is 3. The highest BCUT2D eigenvalue weighted by Gasteiger charge is 2.36. The Morgan fingerprint density at radius 3 is 2.60 bits per heavy atom. The van der Waals surface area contributed by atoms with Gasteiger partial charge >= 0.3 is 0 Å². The van der Waals surface area contributed by atoms with Gasteiger partial charge in [0.25, 0.3) is 10.0 Å². The van der Waals surface area contributed by atoms with Gasteiger partial charge < -0.3 is 10.6 Å². The molecule has 6 nitrogen and oxygen atoms in total. The molecule has 3 aliphatic heterocycles. The van der Waals surface area contributed by atoms with Gasteiger partial charge in [-0.3, -0.25) is 0 Å². The van der Waals surface area contributed by atoms with E-state index in [9.17, 15) is 8.42 Å². The Balaban J connectivity index is 1.74. The van der Waals surface area contributed by atoms with Crippen LogP contribution < -0.4 is 10.5 Å². The van der Waals surface area contributed by atoms with Crippen LogP contribution in [-0.4, -0.2) is 44.0 Å². The lowest BCUT2D eigenvalue weighted by Crippen LogP contribution is -2.57. The Bertz CT molecular complexity index is 565. The van der Waals surface area contributed by atoms with Crippen molar-refractivity contribution in [3.63, 3.8) is 0 Å². The number of rotatable bonds is 4. The number of piperidine rings is 3. The summed E-state index contributed by atoms with van der Waals surface area (Å²) < 4.78 is 27.5. The summed E-state index contributed by atoms with van der Waals surface area (Å²) >= 11 is 0. The van der Waals surface area contributed by atoms with Crippen molar-refractivity contribution >= 4 is 10.0 Å². The first kappa shape index (κ1) is 13.9. The molecule has 0 spiro atoms. The van der Waals surface area contributed by atoms with E-state index in [4.69, 9.17) is 5.73 Å². The molecule has 0 aliphatic carbocycles. The van der Waals surface area contributed by atoms with E-state index in [1.54, 1.807) is 6.07 Å². The maximum absolute atomic E-state index is 12.4. The van der Waals surface area contributed by atoms with Gasteiger partial charge in [0, 0.05) is 25.3 Å². The lowest BCUT2D eigenvalue weighted by Gasteiger charge is -2.44. The highest BCUT2D eigenvalue weighted by Crippen LogP contribution is 2.28. The summed E-state index contributed by atoms with van der Waals surface area (Å²) in [6.07, 6.45) is 3.67. The van der Waals surface area contributed by atoms with Gasteiger partial charge in [-0.15, -0.1) is 0 Å². The van der Waals surface area contributed by atoms with Crippen LogP contribution in [0.1, 0.15) is 18.4 Å². The molecular weight excluding hydrogens is 276 g/mol. The van der Waals surface area contributed by atoms with Crippen molar-refractivity contribution < 1.29 is 8.42 Å². The van der Waals surface area contributed by atoms with Gasteiger partial charge in [-0.2, -0.15) is 0 Å². The fraction of sp³-hybridized carbons (Fsp3) is 0.615. The van der Waals surface area contributed by atoms with Crippen molar-refractivity contribution in [2.45, 2.75) is 30.5 Å². The van der Waals surface area contributed by atoms with E-state index in [0.29, 0.717) is 12.5 Å². The third kappa shape index (κ3) is 2.71. The zero-order valence-corrected chi connectivity index (χ0v) is 12.1. The molecule has 2 bridgehead atoms. The molecular formula is C13H20N4O2S. The molecule has 1 aromatic heterocycles. The van der Waals surface area contributed by atoms with Gasteiger partial charge in [0.15, 0.2) is 5.03 Å². The molecule has 0 amide bonds. The van der Waals surface area contributed by atoms with Crippen molar-refractivity contribution in [3.05, 3.63) is 23.9 Å². The standard InChI is InChI=1S/C13H20N4O2S/c14-7-10-1-2-13(15-8-10)20(18,19)16-12-9-17-5-3-11(12)4-6-17/h1-2,8,11-12,16H,3-7,9,14H2. The average Bonchev–Trinajstić information content (AvgIpc) is 2.48. The lowest BCUT2D eigenvalue weighted by molar-refractivity contribution is 0.0826. The quantitative estimate of drug-likeness (QED) is 0.811. The van der Waals surface area contributed by atoms with Gasteiger partial charge in [0.05, 0.1) is 0 Å². The molecule has 0 radical (unpaired) electrons. The van der Waals surface area contributed by atoms with Crippen molar-refractivity contribution in [1.82, 2.24) is 14.6 Å². The van der Waals surface area contributed by atoms with Crippen molar-refractivity contribution in [3.8, 4) is 0 Å². The van der Waals surface area contributed by atoms with Crippen LogP contribution in [0.5, 0.6) is 0 Å². The van der Waals surface area contributed by atoms with Crippen molar-refractivity contribution in [2.75, 3.05) is 19.6 Å². The molecule has 3 saturated heterocycles. The van der Waals surface area contributed by atoms with Crippen LogP contribution in [0.3, 0.4) is 0 Å². The number of nitrogens with zero attached hydrogens (tertiary/aromatic N) is 2. The van der Waals surface area contributed by atoms with Gasteiger partial charge in [0.2, 0.25) is 0 Å². The summed E-state index contributed by atoms with van der Waals surface area (Å²) in [5.41, 5.74) is 6.31. The summed E-state index contributed by atoms with van der Waals surface area (Å²) in [7, 11) is -3.54. The number of hydrogen-bond donors (Lipinski definition) is 2. The topological polar surface area (TPSA) is 88.3 Å². The van der Waals surface area contributed by atoms with Crippen LogP contribution >= 0.6 is 0 Å². The minimum Gasteiger partial charge on any atom is -0.326 e. The van der Waals surface area contributed by atoms with Crippen LogP contribution in [0, 0.1) is 5.92 Å². The molecule has 20 heavy (non-hydrogen) atoms. The molecule has 3 N–H and O–H groups in total. The third-order valence-corrected chi connectivity index (χ3v) is 5.68. The SMILES string of the molecule is NCc1ccc(S(=O)(=O)NC2CN3CCC2CC3)nc1. The van der Waals surface area contributed by atoms with E-state index in [1.807, 2.05) is 0 Å². The Morgan fingerprint density at radius 1 is 1.35 bits per heavy atom. The molecule has 1 unspecified atom stereocenters. The zero-order chi connectivity index (χ0) is 14.2. The normalized spacial score (nSPS) is 29.6. The highest BCUT2D eigenvalue weighted by molar-refractivity contribution is 7.89. The fourth-order valence-corrected chi connectivity index (χ4v) is 4.27. The first-order valence-corrected chi connectivity index (χ1v) is 8.46. The second-order valence-electron chi connectivity index (χ2n) is 5.57. The zero-order valence-electron chi connectivity index (χ0n) is 11.3. The van der Waals surface area contributed by atoms with Crippen LogP contribution in [0.2, 0.25) is 0 Å². The van der Waals surface area contributed by atoms with Crippen LogP contribution in [0.25, 0.3) is 0 Å². The van der Waals surface area contributed by atoms with E-state index < -0.39 is 10.0 Å². The predicted octanol–water partition coefficient (Wildman–Crippen LogP) is -0.0872. The first-order valence-electron chi connectivity index (χ1n) is 6.98. The van der Waals surface area contributed by atoms with E-state index in [1.165, 1.54) is 12.3 Å². The van der Waals surface area contributed by atoms with Gasteiger partial charge in [0.1, 0.15) is 0 Å². The lowest BCUT2D eigenvalue weighted by atomic mass is 9.85. The Kier molecular flexibility index (Phi) is 3.76.